The maximum atomic E-state index is 4.02. The van der Waals surface area contributed by atoms with Gasteiger partial charge in [0.05, 0.1) is 0 Å². The van der Waals surface area contributed by atoms with E-state index >= 15 is 0 Å². The fourth-order valence-corrected chi connectivity index (χ4v) is 1.53. The van der Waals surface area contributed by atoms with Crippen molar-refractivity contribution < 1.29 is 0 Å². The lowest BCUT2D eigenvalue weighted by molar-refractivity contribution is 0.840. The molecule has 0 bridgehead atoms. The van der Waals surface area contributed by atoms with Gasteiger partial charge in [0.2, 0.25) is 0 Å². The van der Waals surface area contributed by atoms with Crippen LogP contribution in [0.25, 0.3) is 0 Å². The van der Waals surface area contributed by atoms with E-state index in [0.717, 1.165) is 13.1 Å². The van der Waals surface area contributed by atoms with Gasteiger partial charge in [0.25, 0.3) is 0 Å². The molecule has 0 radical (unpaired) electrons. The molecular formula is C13H20N2. The smallest absolute Gasteiger partial charge is 0.0395 e. The SMILES string of the molecule is C=C(CNC)CN(C)c1ccc(C)cc1. The van der Waals surface area contributed by atoms with Gasteiger partial charge in [0.15, 0.2) is 0 Å². The molecule has 1 rings (SSSR count). The second-order valence-corrected chi connectivity index (χ2v) is 3.97. The highest BCUT2D eigenvalue weighted by atomic mass is 15.1. The van der Waals surface area contributed by atoms with Crippen LogP contribution in [0.5, 0.6) is 0 Å². The molecule has 82 valence electrons. The van der Waals surface area contributed by atoms with Crippen LogP contribution >= 0.6 is 0 Å². The second kappa shape index (κ2) is 5.56. The maximum Gasteiger partial charge on any atom is 0.0395 e. The van der Waals surface area contributed by atoms with Crippen LogP contribution in [0.1, 0.15) is 5.56 Å². The van der Waals surface area contributed by atoms with Gasteiger partial charge in [-0.25, -0.2) is 0 Å². The highest BCUT2D eigenvalue weighted by molar-refractivity contribution is 5.47. The highest BCUT2D eigenvalue weighted by Gasteiger charge is 2.01. The van der Waals surface area contributed by atoms with Crippen molar-refractivity contribution in [1.29, 1.82) is 0 Å². The molecule has 2 nitrogen and oxygen atoms in total. The Balaban J connectivity index is 2.57. The molecule has 0 aromatic heterocycles. The lowest BCUT2D eigenvalue weighted by atomic mass is 10.2. The summed E-state index contributed by atoms with van der Waals surface area (Å²) in [6.07, 6.45) is 0. The molecule has 1 aromatic carbocycles. The largest absolute Gasteiger partial charge is 0.371 e. The molecule has 2 heteroatoms. The lowest BCUT2D eigenvalue weighted by Gasteiger charge is -2.20. The van der Waals surface area contributed by atoms with Gasteiger partial charge in [-0.2, -0.15) is 0 Å². The number of hydrogen-bond donors (Lipinski definition) is 1. The summed E-state index contributed by atoms with van der Waals surface area (Å²) in [5.74, 6) is 0. The van der Waals surface area contributed by atoms with E-state index in [2.05, 4.69) is 55.0 Å². The zero-order valence-electron chi connectivity index (χ0n) is 9.88. The van der Waals surface area contributed by atoms with Crippen LogP contribution in [-0.2, 0) is 0 Å². The molecule has 0 saturated carbocycles. The van der Waals surface area contributed by atoms with E-state index in [1.165, 1.54) is 16.8 Å². The van der Waals surface area contributed by atoms with Crippen molar-refractivity contribution in [2.45, 2.75) is 6.92 Å². The average Bonchev–Trinajstić information content (AvgIpc) is 2.18. The molecule has 0 aliphatic carbocycles. The number of rotatable bonds is 5. The number of aryl methyl sites for hydroxylation is 1. The predicted octanol–water partition coefficient (Wildman–Crippen LogP) is 2.21. The summed E-state index contributed by atoms with van der Waals surface area (Å²) in [5.41, 5.74) is 3.72. The summed E-state index contributed by atoms with van der Waals surface area (Å²) in [6.45, 7) is 7.89. The number of likely N-dealkylation sites (N-methyl/N-ethyl adjacent to an activating group) is 2. The molecule has 0 heterocycles. The summed E-state index contributed by atoms with van der Waals surface area (Å²) in [6, 6.07) is 8.54. The fraction of sp³-hybridized carbons (Fsp3) is 0.385. The normalized spacial score (nSPS) is 10.1. The summed E-state index contributed by atoms with van der Waals surface area (Å²) in [7, 11) is 4.03. The number of nitrogens with zero attached hydrogens (tertiary/aromatic N) is 1. The molecule has 0 spiro atoms. The van der Waals surface area contributed by atoms with Crippen molar-refractivity contribution in [3.63, 3.8) is 0 Å². The van der Waals surface area contributed by atoms with Crippen molar-refractivity contribution in [2.75, 3.05) is 32.1 Å². The van der Waals surface area contributed by atoms with Gasteiger partial charge in [0.1, 0.15) is 0 Å². The molecule has 0 aliphatic heterocycles. The standard InChI is InChI=1S/C13H20N2/c1-11-5-7-13(8-6-11)15(4)10-12(2)9-14-3/h5-8,14H,2,9-10H2,1,3-4H3. The monoisotopic (exact) mass is 204 g/mol. The Morgan fingerprint density at radius 3 is 2.47 bits per heavy atom. The van der Waals surface area contributed by atoms with Gasteiger partial charge in [-0.15, -0.1) is 0 Å². The van der Waals surface area contributed by atoms with E-state index in [0.29, 0.717) is 0 Å². The molecule has 1 aromatic rings. The topological polar surface area (TPSA) is 15.3 Å². The van der Waals surface area contributed by atoms with E-state index in [9.17, 15) is 0 Å². The Bertz CT molecular complexity index is 314. The summed E-state index contributed by atoms with van der Waals surface area (Å²) >= 11 is 0. The third kappa shape index (κ3) is 3.76. The van der Waals surface area contributed by atoms with Gasteiger partial charge in [-0.3, -0.25) is 0 Å². The first-order chi connectivity index (χ1) is 7.13. The molecular weight excluding hydrogens is 184 g/mol. The van der Waals surface area contributed by atoms with Gasteiger partial charge < -0.3 is 10.2 Å². The van der Waals surface area contributed by atoms with E-state index in [-0.39, 0.29) is 0 Å². The van der Waals surface area contributed by atoms with Gasteiger partial charge in [-0.1, -0.05) is 24.3 Å². The Kier molecular flexibility index (Phi) is 4.37. The molecule has 0 amide bonds. The first kappa shape index (κ1) is 11.8. The minimum absolute atomic E-state index is 0.871. The van der Waals surface area contributed by atoms with Crippen molar-refractivity contribution in [3.05, 3.63) is 42.0 Å². The van der Waals surface area contributed by atoms with Crippen molar-refractivity contribution in [3.8, 4) is 0 Å². The van der Waals surface area contributed by atoms with Crippen LogP contribution in [0.15, 0.2) is 36.4 Å². The Morgan fingerprint density at radius 2 is 1.93 bits per heavy atom. The zero-order valence-corrected chi connectivity index (χ0v) is 9.88. The Hall–Kier alpha value is -1.28. The highest BCUT2D eigenvalue weighted by Crippen LogP contribution is 2.13. The van der Waals surface area contributed by atoms with Crippen LogP contribution in [0.2, 0.25) is 0 Å². The minimum atomic E-state index is 0.871. The van der Waals surface area contributed by atoms with Crippen molar-refractivity contribution in [1.82, 2.24) is 5.32 Å². The summed E-state index contributed by atoms with van der Waals surface area (Å²) < 4.78 is 0. The first-order valence-electron chi connectivity index (χ1n) is 5.22. The molecule has 15 heavy (non-hydrogen) atoms. The van der Waals surface area contributed by atoms with E-state index < -0.39 is 0 Å². The molecule has 0 unspecified atom stereocenters. The van der Waals surface area contributed by atoms with Crippen molar-refractivity contribution >= 4 is 5.69 Å². The number of hydrogen-bond acceptors (Lipinski definition) is 2. The Morgan fingerprint density at radius 1 is 1.33 bits per heavy atom. The van der Waals surface area contributed by atoms with Gasteiger partial charge in [-0.05, 0) is 31.7 Å². The van der Waals surface area contributed by atoms with E-state index in [1.54, 1.807) is 0 Å². The zero-order chi connectivity index (χ0) is 11.3. The van der Waals surface area contributed by atoms with E-state index in [4.69, 9.17) is 0 Å². The number of nitrogens with one attached hydrogen (secondary N) is 1. The third-order valence-corrected chi connectivity index (χ3v) is 2.36. The van der Waals surface area contributed by atoms with E-state index in [1.807, 2.05) is 7.05 Å². The summed E-state index contributed by atoms with van der Waals surface area (Å²) in [4.78, 5) is 2.21. The quantitative estimate of drug-likeness (QED) is 0.740. The van der Waals surface area contributed by atoms with Crippen LogP contribution in [0.3, 0.4) is 0 Å². The Labute approximate surface area is 92.6 Å². The predicted molar refractivity (Wildman–Crippen MR) is 67.5 cm³/mol. The summed E-state index contributed by atoms with van der Waals surface area (Å²) in [5, 5.41) is 3.11. The van der Waals surface area contributed by atoms with Crippen LogP contribution in [0, 0.1) is 6.92 Å². The van der Waals surface area contributed by atoms with Crippen molar-refractivity contribution in [2.24, 2.45) is 0 Å². The lowest BCUT2D eigenvalue weighted by Crippen LogP contribution is -2.24. The minimum Gasteiger partial charge on any atom is -0.371 e. The van der Waals surface area contributed by atoms with Crippen LogP contribution < -0.4 is 10.2 Å². The first-order valence-corrected chi connectivity index (χ1v) is 5.22. The van der Waals surface area contributed by atoms with Gasteiger partial charge >= 0.3 is 0 Å². The molecule has 0 fully saturated rings. The molecule has 0 saturated heterocycles. The molecule has 0 aliphatic rings. The van der Waals surface area contributed by atoms with Crippen LogP contribution in [0.4, 0.5) is 5.69 Å². The third-order valence-electron chi connectivity index (χ3n) is 2.36. The molecule has 0 atom stereocenters. The second-order valence-electron chi connectivity index (χ2n) is 3.97. The molecule has 1 N–H and O–H groups in total. The fourth-order valence-electron chi connectivity index (χ4n) is 1.53. The maximum absolute atomic E-state index is 4.02. The number of anilines is 1. The average molecular weight is 204 g/mol. The number of benzene rings is 1. The van der Waals surface area contributed by atoms with Crippen LogP contribution in [-0.4, -0.2) is 27.2 Å². The van der Waals surface area contributed by atoms with Gasteiger partial charge in [0, 0.05) is 25.8 Å².